The molecule has 1 aliphatic carbocycles. The molecule has 1 N–H and O–H groups in total. The van der Waals surface area contributed by atoms with Crippen molar-refractivity contribution >= 4 is 5.97 Å². The number of rotatable bonds is 6. The van der Waals surface area contributed by atoms with Crippen molar-refractivity contribution in [3.8, 4) is 0 Å². The minimum atomic E-state index is -0.688. The molecule has 0 heterocycles. The molecule has 1 fully saturated rings. The lowest BCUT2D eigenvalue weighted by Crippen LogP contribution is -2.35. The predicted octanol–water partition coefficient (Wildman–Crippen LogP) is 2.36. The highest BCUT2D eigenvalue weighted by molar-refractivity contribution is 5.73. The number of carboxylic acids is 1. The van der Waals surface area contributed by atoms with Crippen LogP contribution in [0, 0.1) is 5.92 Å². The minimum Gasteiger partial charge on any atom is -0.480 e. The Kier molecular flexibility index (Phi) is 5.09. The maximum absolute atomic E-state index is 10.9. The van der Waals surface area contributed by atoms with E-state index in [-0.39, 0.29) is 6.04 Å². The van der Waals surface area contributed by atoms with Crippen molar-refractivity contribution < 1.29 is 9.90 Å². The van der Waals surface area contributed by atoms with Gasteiger partial charge in [0.05, 0.1) is 0 Å². The summed E-state index contributed by atoms with van der Waals surface area (Å²) in [4.78, 5) is 12.7. The maximum Gasteiger partial charge on any atom is 0.320 e. The van der Waals surface area contributed by atoms with Gasteiger partial charge in [0.15, 0.2) is 0 Å². The molecule has 0 aliphatic heterocycles. The van der Waals surface area contributed by atoms with Crippen LogP contribution in [-0.4, -0.2) is 36.1 Å². The Morgan fingerprint density at radius 1 is 1.40 bits per heavy atom. The molecule has 1 atom stereocenters. The predicted molar refractivity (Wildman–Crippen MR) is 60.9 cm³/mol. The van der Waals surface area contributed by atoms with Gasteiger partial charge in [-0.25, -0.2) is 0 Å². The van der Waals surface area contributed by atoms with Crippen LogP contribution in [0.3, 0.4) is 0 Å². The summed E-state index contributed by atoms with van der Waals surface area (Å²) < 4.78 is 0. The van der Waals surface area contributed by atoms with Crippen LogP contribution in [0.2, 0.25) is 0 Å². The summed E-state index contributed by atoms with van der Waals surface area (Å²) in [6.07, 6.45) is 8.54. The summed E-state index contributed by atoms with van der Waals surface area (Å²) in [5, 5.41) is 8.99. The van der Waals surface area contributed by atoms with Gasteiger partial charge in [-0.15, -0.1) is 0 Å². The van der Waals surface area contributed by atoms with Crippen molar-refractivity contribution in [3.05, 3.63) is 0 Å². The first-order valence-electron chi connectivity index (χ1n) is 6.00. The molecule has 0 bridgehead atoms. The van der Waals surface area contributed by atoms with Crippen molar-refractivity contribution in [3.63, 3.8) is 0 Å². The van der Waals surface area contributed by atoms with E-state index in [9.17, 15) is 4.79 Å². The molecule has 15 heavy (non-hydrogen) atoms. The molecule has 3 nitrogen and oxygen atoms in total. The summed E-state index contributed by atoms with van der Waals surface area (Å²) in [6.45, 7) is 0. The zero-order valence-electron chi connectivity index (χ0n) is 9.91. The Balaban J connectivity index is 2.18. The van der Waals surface area contributed by atoms with Crippen molar-refractivity contribution in [2.45, 2.75) is 51.0 Å². The molecular formula is C12H23NO2. The molecule has 0 unspecified atom stereocenters. The van der Waals surface area contributed by atoms with Gasteiger partial charge in [-0.2, -0.15) is 0 Å². The van der Waals surface area contributed by atoms with E-state index in [4.69, 9.17) is 5.11 Å². The zero-order valence-corrected chi connectivity index (χ0v) is 9.91. The van der Waals surface area contributed by atoms with Gasteiger partial charge in [-0.1, -0.05) is 38.5 Å². The summed E-state index contributed by atoms with van der Waals surface area (Å²) in [7, 11) is 3.68. The van der Waals surface area contributed by atoms with Crippen LogP contribution in [0.5, 0.6) is 0 Å². The molecule has 0 aromatic heterocycles. The lowest BCUT2D eigenvalue weighted by molar-refractivity contribution is -0.142. The SMILES string of the molecule is CN(C)[C@H](CCCC1CCCC1)C(=O)O. The molecule has 3 heteroatoms. The number of aliphatic carboxylic acids is 1. The third kappa shape index (κ3) is 4.20. The van der Waals surface area contributed by atoms with Crippen molar-refractivity contribution in [1.82, 2.24) is 4.90 Å². The molecule has 0 radical (unpaired) electrons. The fraction of sp³-hybridized carbons (Fsp3) is 0.917. The van der Waals surface area contributed by atoms with Crippen LogP contribution < -0.4 is 0 Å². The molecule has 88 valence electrons. The van der Waals surface area contributed by atoms with E-state index in [1.807, 2.05) is 14.1 Å². The average Bonchev–Trinajstić information content (AvgIpc) is 2.63. The van der Waals surface area contributed by atoms with Crippen molar-refractivity contribution in [2.75, 3.05) is 14.1 Å². The van der Waals surface area contributed by atoms with E-state index in [1.54, 1.807) is 4.90 Å². The minimum absolute atomic E-state index is 0.300. The molecule has 0 amide bonds. The maximum atomic E-state index is 10.9. The summed E-state index contributed by atoms with van der Waals surface area (Å²) >= 11 is 0. The fourth-order valence-corrected chi connectivity index (χ4v) is 2.50. The molecule has 1 rings (SSSR count). The van der Waals surface area contributed by atoms with Gasteiger partial charge in [0.1, 0.15) is 6.04 Å². The molecule has 0 saturated heterocycles. The molecule has 1 saturated carbocycles. The highest BCUT2D eigenvalue weighted by Crippen LogP contribution is 2.29. The largest absolute Gasteiger partial charge is 0.480 e. The first kappa shape index (κ1) is 12.5. The quantitative estimate of drug-likeness (QED) is 0.736. The Hall–Kier alpha value is -0.570. The summed E-state index contributed by atoms with van der Waals surface area (Å²) in [5.74, 6) is 0.188. The Morgan fingerprint density at radius 2 is 2.00 bits per heavy atom. The Labute approximate surface area is 92.5 Å². The lowest BCUT2D eigenvalue weighted by Gasteiger charge is -2.20. The summed E-state index contributed by atoms with van der Waals surface area (Å²) in [6, 6.07) is -0.300. The second-order valence-electron chi connectivity index (χ2n) is 4.90. The molecule has 1 aliphatic rings. The standard InChI is InChI=1S/C12H23NO2/c1-13(2)11(12(14)15)9-5-8-10-6-3-4-7-10/h10-11H,3-9H2,1-2H3,(H,14,15)/t11-/m1/s1. The molecular weight excluding hydrogens is 190 g/mol. The molecule has 0 aromatic carbocycles. The number of hydrogen-bond acceptors (Lipinski definition) is 2. The topological polar surface area (TPSA) is 40.5 Å². The number of carbonyl (C=O) groups is 1. The number of hydrogen-bond donors (Lipinski definition) is 1. The van der Waals surface area contributed by atoms with Gasteiger partial charge >= 0.3 is 5.97 Å². The van der Waals surface area contributed by atoms with Crippen LogP contribution in [0.4, 0.5) is 0 Å². The monoisotopic (exact) mass is 213 g/mol. The Bertz CT molecular complexity index is 198. The molecule has 0 spiro atoms. The van der Waals surface area contributed by atoms with Gasteiger partial charge < -0.3 is 5.11 Å². The fourth-order valence-electron chi connectivity index (χ4n) is 2.50. The third-order valence-corrected chi connectivity index (χ3v) is 3.47. The first-order valence-corrected chi connectivity index (χ1v) is 6.00. The molecule has 0 aromatic rings. The lowest BCUT2D eigenvalue weighted by atomic mass is 9.98. The second-order valence-corrected chi connectivity index (χ2v) is 4.90. The highest BCUT2D eigenvalue weighted by atomic mass is 16.4. The van der Waals surface area contributed by atoms with E-state index in [1.165, 1.54) is 32.1 Å². The normalized spacial score (nSPS) is 19.7. The average molecular weight is 213 g/mol. The van der Waals surface area contributed by atoms with Gasteiger partial charge in [0.2, 0.25) is 0 Å². The van der Waals surface area contributed by atoms with E-state index >= 15 is 0 Å². The van der Waals surface area contributed by atoms with Crippen LogP contribution >= 0.6 is 0 Å². The van der Waals surface area contributed by atoms with E-state index < -0.39 is 5.97 Å². The smallest absolute Gasteiger partial charge is 0.320 e. The number of nitrogens with zero attached hydrogens (tertiary/aromatic N) is 1. The Morgan fingerprint density at radius 3 is 2.47 bits per heavy atom. The second kappa shape index (κ2) is 6.11. The van der Waals surface area contributed by atoms with Crippen LogP contribution in [0.25, 0.3) is 0 Å². The number of carboxylic acid groups (broad SMARTS) is 1. The van der Waals surface area contributed by atoms with Gasteiger partial charge in [-0.05, 0) is 26.4 Å². The van der Waals surface area contributed by atoms with E-state index in [2.05, 4.69) is 0 Å². The summed E-state index contributed by atoms with van der Waals surface area (Å²) in [5.41, 5.74) is 0. The third-order valence-electron chi connectivity index (χ3n) is 3.47. The van der Waals surface area contributed by atoms with Crippen LogP contribution in [0.1, 0.15) is 44.9 Å². The van der Waals surface area contributed by atoms with Crippen LogP contribution in [-0.2, 0) is 4.79 Å². The van der Waals surface area contributed by atoms with Crippen LogP contribution in [0.15, 0.2) is 0 Å². The van der Waals surface area contributed by atoms with E-state index in [0.29, 0.717) is 0 Å². The van der Waals surface area contributed by atoms with Gasteiger partial charge in [0, 0.05) is 0 Å². The van der Waals surface area contributed by atoms with Crippen molar-refractivity contribution in [1.29, 1.82) is 0 Å². The first-order chi connectivity index (χ1) is 7.11. The van der Waals surface area contributed by atoms with Crippen molar-refractivity contribution in [2.24, 2.45) is 5.92 Å². The zero-order chi connectivity index (χ0) is 11.3. The van der Waals surface area contributed by atoms with Gasteiger partial charge in [-0.3, -0.25) is 9.69 Å². The number of likely N-dealkylation sites (N-methyl/N-ethyl adjacent to an activating group) is 1. The van der Waals surface area contributed by atoms with Gasteiger partial charge in [0.25, 0.3) is 0 Å². The van der Waals surface area contributed by atoms with E-state index in [0.717, 1.165) is 18.8 Å². The highest BCUT2D eigenvalue weighted by Gasteiger charge is 2.20.